The highest BCUT2D eigenvalue weighted by atomic mass is 16.3. The molecule has 0 heterocycles. The first-order chi connectivity index (χ1) is 6.36. The molecule has 72 valence electrons. The van der Waals surface area contributed by atoms with Crippen molar-refractivity contribution in [3.05, 3.63) is 35.9 Å². The van der Waals surface area contributed by atoms with E-state index in [2.05, 4.69) is 12.1 Å². The van der Waals surface area contributed by atoms with E-state index in [-0.39, 0.29) is 6.61 Å². The molecular formula is C11H17NO. The molecule has 0 amide bonds. The summed E-state index contributed by atoms with van der Waals surface area (Å²) in [5, 5.41) is 8.79. The Morgan fingerprint density at radius 3 is 2.46 bits per heavy atom. The molecule has 0 aliphatic carbocycles. The van der Waals surface area contributed by atoms with Gasteiger partial charge in [-0.05, 0) is 30.9 Å². The van der Waals surface area contributed by atoms with E-state index in [0.717, 1.165) is 12.8 Å². The van der Waals surface area contributed by atoms with E-state index in [0.29, 0.717) is 12.5 Å². The molecule has 2 nitrogen and oxygen atoms in total. The summed E-state index contributed by atoms with van der Waals surface area (Å²) in [4.78, 5) is 0. The zero-order valence-electron chi connectivity index (χ0n) is 7.82. The summed E-state index contributed by atoms with van der Waals surface area (Å²) in [5.41, 5.74) is 6.89. The molecule has 1 aromatic rings. The summed E-state index contributed by atoms with van der Waals surface area (Å²) >= 11 is 0. The Balaban J connectivity index is 2.46. The summed E-state index contributed by atoms with van der Waals surface area (Å²) < 4.78 is 0. The van der Waals surface area contributed by atoms with E-state index in [4.69, 9.17) is 10.8 Å². The number of aliphatic hydroxyl groups is 1. The fraction of sp³-hybridized carbons (Fsp3) is 0.455. The highest BCUT2D eigenvalue weighted by molar-refractivity contribution is 5.15. The monoisotopic (exact) mass is 179 g/mol. The predicted molar refractivity (Wildman–Crippen MR) is 54.4 cm³/mol. The largest absolute Gasteiger partial charge is 0.396 e. The van der Waals surface area contributed by atoms with Crippen molar-refractivity contribution in [2.75, 3.05) is 13.2 Å². The van der Waals surface area contributed by atoms with Gasteiger partial charge in [-0.3, -0.25) is 0 Å². The van der Waals surface area contributed by atoms with Crippen molar-refractivity contribution < 1.29 is 5.11 Å². The Morgan fingerprint density at radius 1 is 1.23 bits per heavy atom. The Hall–Kier alpha value is -0.860. The summed E-state index contributed by atoms with van der Waals surface area (Å²) in [7, 11) is 0. The van der Waals surface area contributed by atoms with Crippen molar-refractivity contribution in [3.8, 4) is 0 Å². The Kier molecular flexibility index (Phi) is 4.50. The van der Waals surface area contributed by atoms with Gasteiger partial charge in [-0.2, -0.15) is 0 Å². The van der Waals surface area contributed by atoms with Gasteiger partial charge in [0, 0.05) is 6.61 Å². The number of benzene rings is 1. The maximum absolute atomic E-state index is 8.79. The lowest BCUT2D eigenvalue weighted by atomic mass is 9.97. The first kappa shape index (κ1) is 10.2. The second kappa shape index (κ2) is 5.73. The first-order valence-corrected chi connectivity index (χ1v) is 4.71. The van der Waals surface area contributed by atoms with Crippen LogP contribution in [0.25, 0.3) is 0 Å². The third kappa shape index (κ3) is 3.57. The van der Waals surface area contributed by atoms with Gasteiger partial charge in [-0.15, -0.1) is 0 Å². The van der Waals surface area contributed by atoms with Crippen LogP contribution in [0.15, 0.2) is 30.3 Å². The average molecular weight is 179 g/mol. The molecule has 2 heteroatoms. The topological polar surface area (TPSA) is 46.2 Å². The van der Waals surface area contributed by atoms with Crippen LogP contribution in [0, 0.1) is 5.92 Å². The number of hydrogen-bond acceptors (Lipinski definition) is 2. The van der Waals surface area contributed by atoms with E-state index in [1.807, 2.05) is 18.2 Å². The third-order valence-electron chi connectivity index (χ3n) is 2.24. The summed E-state index contributed by atoms with van der Waals surface area (Å²) in [6.45, 7) is 0.879. The van der Waals surface area contributed by atoms with E-state index in [1.54, 1.807) is 0 Å². The second-order valence-corrected chi connectivity index (χ2v) is 3.30. The number of rotatable bonds is 5. The molecule has 0 radical (unpaired) electrons. The molecule has 0 saturated carbocycles. The number of aliphatic hydroxyl groups excluding tert-OH is 1. The maximum Gasteiger partial charge on any atom is 0.0434 e. The van der Waals surface area contributed by atoms with Crippen molar-refractivity contribution >= 4 is 0 Å². The van der Waals surface area contributed by atoms with Gasteiger partial charge in [-0.25, -0.2) is 0 Å². The van der Waals surface area contributed by atoms with Crippen LogP contribution >= 0.6 is 0 Å². The standard InChI is InChI=1S/C11H17NO/c12-9-11(6-7-13)8-10-4-2-1-3-5-10/h1-5,11,13H,6-9,12H2/t11-/m0/s1. The minimum absolute atomic E-state index is 0.231. The first-order valence-electron chi connectivity index (χ1n) is 4.71. The van der Waals surface area contributed by atoms with Crippen LogP contribution in [0.5, 0.6) is 0 Å². The molecule has 0 saturated heterocycles. The molecule has 0 unspecified atom stereocenters. The summed E-state index contributed by atoms with van der Waals surface area (Å²) in [6.07, 6.45) is 1.77. The fourth-order valence-corrected chi connectivity index (χ4v) is 1.43. The lowest BCUT2D eigenvalue weighted by molar-refractivity contribution is 0.258. The molecule has 0 aliphatic heterocycles. The van der Waals surface area contributed by atoms with Gasteiger partial charge in [0.2, 0.25) is 0 Å². The quantitative estimate of drug-likeness (QED) is 0.713. The van der Waals surface area contributed by atoms with Crippen LogP contribution in [0.2, 0.25) is 0 Å². The van der Waals surface area contributed by atoms with Gasteiger partial charge >= 0.3 is 0 Å². The Bertz CT molecular complexity index is 223. The van der Waals surface area contributed by atoms with E-state index < -0.39 is 0 Å². The fourth-order valence-electron chi connectivity index (χ4n) is 1.43. The molecule has 0 bridgehead atoms. The van der Waals surface area contributed by atoms with Gasteiger partial charge in [0.25, 0.3) is 0 Å². The van der Waals surface area contributed by atoms with Crippen molar-refractivity contribution in [1.82, 2.24) is 0 Å². The molecule has 0 aromatic heterocycles. The van der Waals surface area contributed by atoms with Crippen LogP contribution in [0.1, 0.15) is 12.0 Å². The van der Waals surface area contributed by atoms with Gasteiger partial charge in [0.1, 0.15) is 0 Å². The van der Waals surface area contributed by atoms with Gasteiger partial charge in [-0.1, -0.05) is 30.3 Å². The normalized spacial score (nSPS) is 12.8. The van der Waals surface area contributed by atoms with Crippen molar-refractivity contribution in [2.45, 2.75) is 12.8 Å². The molecule has 1 rings (SSSR count). The SMILES string of the molecule is NC[C@@H](CCO)Cc1ccccc1. The third-order valence-corrected chi connectivity index (χ3v) is 2.24. The molecule has 1 aromatic carbocycles. The van der Waals surface area contributed by atoms with Crippen molar-refractivity contribution in [1.29, 1.82) is 0 Å². The van der Waals surface area contributed by atoms with Gasteiger partial charge in [0.15, 0.2) is 0 Å². The van der Waals surface area contributed by atoms with Gasteiger partial charge < -0.3 is 10.8 Å². The molecule has 0 aliphatic rings. The molecule has 0 fully saturated rings. The zero-order chi connectivity index (χ0) is 9.52. The predicted octanol–water partition coefficient (Wildman–Crippen LogP) is 1.19. The molecule has 1 atom stereocenters. The maximum atomic E-state index is 8.79. The van der Waals surface area contributed by atoms with Gasteiger partial charge in [0.05, 0.1) is 0 Å². The minimum atomic E-state index is 0.231. The highest BCUT2D eigenvalue weighted by Gasteiger charge is 2.06. The summed E-state index contributed by atoms with van der Waals surface area (Å²) in [5.74, 6) is 0.410. The van der Waals surface area contributed by atoms with Crippen molar-refractivity contribution in [3.63, 3.8) is 0 Å². The highest BCUT2D eigenvalue weighted by Crippen LogP contribution is 2.10. The van der Waals surface area contributed by atoms with E-state index in [1.165, 1.54) is 5.56 Å². The smallest absolute Gasteiger partial charge is 0.0434 e. The lowest BCUT2D eigenvalue weighted by Crippen LogP contribution is -2.18. The van der Waals surface area contributed by atoms with Crippen LogP contribution in [0.3, 0.4) is 0 Å². The molecule has 13 heavy (non-hydrogen) atoms. The van der Waals surface area contributed by atoms with Crippen LogP contribution < -0.4 is 5.73 Å². The minimum Gasteiger partial charge on any atom is -0.396 e. The molecular weight excluding hydrogens is 162 g/mol. The zero-order valence-corrected chi connectivity index (χ0v) is 7.82. The Labute approximate surface area is 79.4 Å². The molecule has 0 spiro atoms. The van der Waals surface area contributed by atoms with Crippen molar-refractivity contribution in [2.24, 2.45) is 11.7 Å². The van der Waals surface area contributed by atoms with E-state index in [9.17, 15) is 0 Å². The number of nitrogens with two attached hydrogens (primary N) is 1. The van der Waals surface area contributed by atoms with Crippen LogP contribution in [-0.2, 0) is 6.42 Å². The number of hydrogen-bond donors (Lipinski definition) is 2. The average Bonchev–Trinajstić information content (AvgIpc) is 2.19. The molecule has 3 N–H and O–H groups in total. The van der Waals surface area contributed by atoms with Crippen LogP contribution in [0.4, 0.5) is 0 Å². The van der Waals surface area contributed by atoms with Crippen LogP contribution in [-0.4, -0.2) is 18.3 Å². The van der Waals surface area contributed by atoms with E-state index >= 15 is 0 Å². The Morgan fingerprint density at radius 2 is 1.92 bits per heavy atom. The second-order valence-electron chi connectivity index (χ2n) is 3.30. The lowest BCUT2D eigenvalue weighted by Gasteiger charge is -2.12. The summed E-state index contributed by atoms with van der Waals surface area (Å²) in [6, 6.07) is 10.3.